The van der Waals surface area contributed by atoms with Gasteiger partial charge in [-0.1, -0.05) is 6.07 Å². The second kappa shape index (κ2) is 13.5. The lowest BCUT2D eigenvalue weighted by atomic mass is 10.0. The van der Waals surface area contributed by atoms with E-state index in [2.05, 4.69) is 20.2 Å². The van der Waals surface area contributed by atoms with Crippen LogP contribution in [0, 0.1) is 0 Å². The summed E-state index contributed by atoms with van der Waals surface area (Å²) in [5.41, 5.74) is 8.69. The fourth-order valence-electron chi connectivity index (χ4n) is 3.34. The molecule has 0 aliphatic carbocycles. The Kier molecular flexibility index (Phi) is 10.7. The summed E-state index contributed by atoms with van der Waals surface area (Å²) in [7, 11) is 4.98. The third-order valence-corrected chi connectivity index (χ3v) is 5.12. The number of nitrogen functional groups attached to an aromatic ring is 1. The zero-order valence-corrected chi connectivity index (χ0v) is 21.0. The molecule has 2 aromatic carbocycles. The molecule has 0 spiro atoms. The Labute approximate surface area is 212 Å². The van der Waals surface area contributed by atoms with Gasteiger partial charge in [0.1, 0.15) is 5.75 Å². The molecule has 1 heterocycles. The van der Waals surface area contributed by atoms with Gasteiger partial charge in [-0.2, -0.15) is 0 Å². The highest BCUT2D eigenvalue weighted by molar-refractivity contribution is 6.61. The maximum Gasteiger partial charge on any atom is 0.403 e. The van der Waals surface area contributed by atoms with Crippen LogP contribution in [0.5, 0.6) is 5.75 Å². The first-order valence-electron chi connectivity index (χ1n) is 10.4. The molecule has 0 amide bonds. The molecule has 11 heteroatoms. The minimum Gasteiger partial charge on any atom is -0.496 e. The average Bonchev–Trinajstić information content (AvgIpc) is 3.12. The summed E-state index contributed by atoms with van der Waals surface area (Å²) >= 11 is 9.65. The standard InChI is InChI=1S/C19H20N2O3.C5H6Cl2O4/c1-21-11-14(16-10-15(20)6-7-17(16)21)8-12-4-5-13(19(22)24-3)9-18(12)23-2;6-4(8)10-2-1-3-11-5(7)9/h4-7,9-11H,8,20H2,1-3H3;1-3H2. The van der Waals surface area contributed by atoms with E-state index in [1.807, 2.05) is 31.3 Å². The molecule has 9 nitrogen and oxygen atoms in total. The SMILES string of the molecule is COC(=O)c1ccc(Cc2cn(C)c3ccc(N)cc23)c(OC)c1.O=C(Cl)OCCCOC(=O)Cl. The number of esters is 1. The summed E-state index contributed by atoms with van der Waals surface area (Å²) in [6.07, 6.45) is 3.17. The molecule has 0 unspecified atom stereocenters. The van der Waals surface area contributed by atoms with Crippen LogP contribution in [0.3, 0.4) is 0 Å². The van der Waals surface area contributed by atoms with E-state index in [4.69, 9.17) is 38.4 Å². The van der Waals surface area contributed by atoms with Crippen LogP contribution in [0.1, 0.15) is 27.9 Å². The fourth-order valence-corrected chi connectivity index (χ4v) is 3.49. The summed E-state index contributed by atoms with van der Waals surface area (Å²) in [6, 6.07) is 11.3. The van der Waals surface area contributed by atoms with Crippen molar-refractivity contribution in [1.29, 1.82) is 0 Å². The lowest BCUT2D eigenvalue weighted by molar-refractivity contribution is 0.0600. The van der Waals surface area contributed by atoms with Crippen molar-refractivity contribution < 1.29 is 33.3 Å². The van der Waals surface area contributed by atoms with Gasteiger partial charge >= 0.3 is 16.8 Å². The predicted molar refractivity (Wildman–Crippen MR) is 133 cm³/mol. The number of anilines is 1. The number of fused-ring (bicyclic) bond motifs is 1. The Morgan fingerprint density at radius 1 is 0.943 bits per heavy atom. The molecule has 188 valence electrons. The van der Waals surface area contributed by atoms with Gasteiger partial charge in [0, 0.05) is 65.9 Å². The highest BCUT2D eigenvalue weighted by Crippen LogP contribution is 2.29. The highest BCUT2D eigenvalue weighted by atomic mass is 35.5. The smallest absolute Gasteiger partial charge is 0.403 e. The van der Waals surface area contributed by atoms with Crippen LogP contribution >= 0.6 is 23.2 Å². The van der Waals surface area contributed by atoms with Crippen LogP contribution in [0.4, 0.5) is 15.3 Å². The van der Waals surface area contributed by atoms with Gasteiger partial charge in [-0.15, -0.1) is 0 Å². The maximum absolute atomic E-state index is 11.7. The number of carbonyl (C=O) groups excluding carboxylic acids is 3. The Morgan fingerprint density at radius 3 is 2.17 bits per heavy atom. The van der Waals surface area contributed by atoms with Crippen LogP contribution < -0.4 is 10.5 Å². The number of hydrogen-bond acceptors (Lipinski definition) is 8. The quantitative estimate of drug-likeness (QED) is 0.139. The minimum absolute atomic E-state index is 0.118. The molecule has 0 aliphatic heterocycles. The Morgan fingerprint density at radius 2 is 1.60 bits per heavy atom. The van der Waals surface area contributed by atoms with Crippen LogP contribution in [0.15, 0.2) is 42.6 Å². The second-order valence-corrected chi connectivity index (χ2v) is 7.88. The van der Waals surface area contributed by atoms with Crippen LogP contribution in [0.25, 0.3) is 10.9 Å². The topological polar surface area (TPSA) is 119 Å². The van der Waals surface area contributed by atoms with Gasteiger partial charge in [0.25, 0.3) is 0 Å². The number of aromatic nitrogens is 1. The molecule has 3 aromatic rings. The lowest BCUT2D eigenvalue weighted by Crippen LogP contribution is -2.03. The number of hydrogen-bond donors (Lipinski definition) is 1. The molecule has 0 aliphatic rings. The van der Waals surface area contributed by atoms with E-state index in [9.17, 15) is 14.4 Å². The summed E-state index contributed by atoms with van der Waals surface area (Å²) in [5, 5.41) is 1.12. The van der Waals surface area contributed by atoms with Crippen LogP contribution in [-0.2, 0) is 27.7 Å². The number of halogens is 2. The van der Waals surface area contributed by atoms with Gasteiger partial charge in [0.15, 0.2) is 0 Å². The zero-order valence-electron chi connectivity index (χ0n) is 19.5. The first-order valence-corrected chi connectivity index (χ1v) is 11.1. The van der Waals surface area contributed by atoms with Crippen molar-refractivity contribution in [2.75, 3.05) is 33.2 Å². The number of aryl methyl sites for hydroxylation is 1. The number of nitrogens with zero attached hydrogens (tertiary/aromatic N) is 1. The summed E-state index contributed by atoms with van der Waals surface area (Å²) < 4.78 is 20.9. The van der Waals surface area contributed by atoms with Gasteiger partial charge in [-0.05, 0) is 41.5 Å². The molecular weight excluding hydrogens is 499 g/mol. The molecule has 0 bridgehead atoms. The van der Waals surface area contributed by atoms with Crippen molar-refractivity contribution in [1.82, 2.24) is 4.57 Å². The average molecular weight is 525 g/mol. The van der Waals surface area contributed by atoms with Crippen molar-refractivity contribution in [2.24, 2.45) is 7.05 Å². The van der Waals surface area contributed by atoms with Crippen LogP contribution in [0.2, 0.25) is 0 Å². The van der Waals surface area contributed by atoms with E-state index in [1.54, 1.807) is 19.2 Å². The fraction of sp³-hybridized carbons (Fsp3) is 0.292. The highest BCUT2D eigenvalue weighted by Gasteiger charge is 2.13. The van der Waals surface area contributed by atoms with E-state index in [1.165, 1.54) is 7.11 Å². The third kappa shape index (κ3) is 8.38. The molecule has 0 radical (unpaired) electrons. The molecule has 1 aromatic heterocycles. The Balaban J connectivity index is 0.000000334. The van der Waals surface area contributed by atoms with Gasteiger partial charge in [0.2, 0.25) is 0 Å². The molecule has 35 heavy (non-hydrogen) atoms. The van der Waals surface area contributed by atoms with E-state index in [0.29, 0.717) is 24.2 Å². The van der Waals surface area contributed by atoms with Gasteiger partial charge < -0.3 is 29.2 Å². The lowest BCUT2D eigenvalue weighted by Gasteiger charge is -2.10. The number of ether oxygens (including phenoxy) is 4. The summed E-state index contributed by atoms with van der Waals surface area (Å²) in [5.74, 6) is 0.289. The number of benzene rings is 2. The number of nitrogens with two attached hydrogens (primary N) is 1. The normalized spacial score (nSPS) is 10.2. The third-order valence-electron chi connectivity index (χ3n) is 4.90. The van der Waals surface area contributed by atoms with Crippen LogP contribution in [-0.4, -0.2) is 48.8 Å². The molecule has 0 saturated heterocycles. The number of methoxy groups -OCH3 is 2. The Hall–Kier alpha value is -3.43. The van der Waals surface area contributed by atoms with Crippen molar-refractivity contribution in [3.05, 3.63) is 59.3 Å². The van der Waals surface area contributed by atoms with E-state index >= 15 is 0 Å². The van der Waals surface area contributed by atoms with E-state index in [0.717, 1.165) is 27.7 Å². The van der Waals surface area contributed by atoms with Crippen molar-refractivity contribution >= 4 is 56.6 Å². The minimum atomic E-state index is -0.873. The maximum atomic E-state index is 11.7. The van der Waals surface area contributed by atoms with E-state index in [-0.39, 0.29) is 19.2 Å². The number of carbonyl (C=O) groups is 3. The van der Waals surface area contributed by atoms with Gasteiger partial charge in [0.05, 0.1) is 33.0 Å². The van der Waals surface area contributed by atoms with Crippen molar-refractivity contribution in [2.45, 2.75) is 12.8 Å². The zero-order chi connectivity index (χ0) is 26.0. The van der Waals surface area contributed by atoms with Gasteiger partial charge in [-0.3, -0.25) is 0 Å². The monoisotopic (exact) mass is 524 g/mol. The molecular formula is C24H26Cl2N2O7. The number of rotatable bonds is 8. The molecule has 3 rings (SSSR count). The van der Waals surface area contributed by atoms with Crippen molar-refractivity contribution in [3.8, 4) is 5.75 Å². The summed E-state index contributed by atoms with van der Waals surface area (Å²) in [4.78, 5) is 31.6. The second-order valence-electron chi connectivity index (χ2n) is 7.26. The van der Waals surface area contributed by atoms with Gasteiger partial charge in [-0.25, -0.2) is 14.4 Å². The predicted octanol–water partition coefficient (Wildman–Crippen LogP) is 5.27. The van der Waals surface area contributed by atoms with E-state index < -0.39 is 10.9 Å². The molecule has 0 saturated carbocycles. The van der Waals surface area contributed by atoms with Crippen molar-refractivity contribution in [3.63, 3.8) is 0 Å². The molecule has 0 atom stereocenters. The molecule has 2 N–H and O–H groups in total. The Bertz CT molecular complexity index is 1180. The summed E-state index contributed by atoms with van der Waals surface area (Å²) in [6.45, 7) is 0.235. The molecule has 0 fully saturated rings. The largest absolute Gasteiger partial charge is 0.496 e. The first-order chi connectivity index (χ1) is 16.7. The first kappa shape index (κ1) is 27.8.